The molecule has 2 rings (SSSR count). The molecule has 0 saturated carbocycles. The summed E-state index contributed by atoms with van der Waals surface area (Å²) < 4.78 is 18.3. The summed E-state index contributed by atoms with van der Waals surface area (Å²) in [6, 6.07) is 4.18. The van der Waals surface area contributed by atoms with Crippen molar-refractivity contribution in [3.63, 3.8) is 0 Å². The van der Waals surface area contributed by atoms with Gasteiger partial charge in [-0.05, 0) is 17.7 Å². The van der Waals surface area contributed by atoms with Gasteiger partial charge >= 0.3 is 0 Å². The molecular formula is C13H13FN2O4. The van der Waals surface area contributed by atoms with E-state index in [1.54, 1.807) is 6.07 Å². The number of hydrogen-bond acceptors (Lipinski definition) is 4. The number of imide groups is 1. The summed E-state index contributed by atoms with van der Waals surface area (Å²) in [5.74, 6) is -1.91. The lowest BCUT2D eigenvalue weighted by atomic mass is 10.1. The maximum atomic E-state index is 13.5. The van der Waals surface area contributed by atoms with Crippen molar-refractivity contribution in [2.45, 2.75) is 6.42 Å². The van der Waals surface area contributed by atoms with E-state index in [-0.39, 0.29) is 25.3 Å². The highest BCUT2D eigenvalue weighted by molar-refractivity contribution is 6.02. The van der Waals surface area contributed by atoms with Gasteiger partial charge in [0, 0.05) is 0 Å². The highest BCUT2D eigenvalue weighted by Crippen LogP contribution is 2.18. The van der Waals surface area contributed by atoms with E-state index in [1.807, 2.05) is 0 Å². The van der Waals surface area contributed by atoms with Gasteiger partial charge in [0.15, 0.2) is 11.6 Å². The molecule has 1 aromatic rings. The van der Waals surface area contributed by atoms with Gasteiger partial charge in [0.1, 0.15) is 13.1 Å². The van der Waals surface area contributed by atoms with Gasteiger partial charge in [-0.25, -0.2) is 4.39 Å². The van der Waals surface area contributed by atoms with Gasteiger partial charge in [-0.1, -0.05) is 6.07 Å². The van der Waals surface area contributed by atoms with Crippen LogP contribution in [0.5, 0.6) is 5.75 Å². The second-order valence-corrected chi connectivity index (χ2v) is 4.37. The first-order chi connectivity index (χ1) is 9.49. The summed E-state index contributed by atoms with van der Waals surface area (Å²) in [6.07, 6.45) is -0.0819. The number of carbonyl (C=O) groups excluding carboxylic acids is 3. The molecule has 1 aliphatic rings. The van der Waals surface area contributed by atoms with E-state index < -0.39 is 23.5 Å². The van der Waals surface area contributed by atoms with Gasteiger partial charge in [0.25, 0.3) is 0 Å². The van der Waals surface area contributed by atoms with Crippen molar-refractivity contribution in [3.8, 4) is 5.75 Å². The minimum absolute atomic E-state index is 0.0819. The fourth-order valence-corrected chi connectivity index (χ4v) is 1.92. The van der Waals surface area contributed by atoms with Crippen molar-refractivity contribution in [3.05, 3.63) is 29.6 Å². The first-order valence-corrected chi connectivity index (χ1v) is 5.92. The van der Waals surface area contributed by atoms with E-state index in [4.69, 9.17) is 4.74 Å². The number of methoxy groups -OCH3 is 1. The molecule has 0 aromatic heterocycles. The monoisotopic (exact) mass is 280 g/mol. The third-order valence-corrected chi connectivity index (χ3v) is 2.87. The first-order valence-electron chi connectivity index (χ1n) is 5.92. The Kier molecular flexibility index (Phi) is 3.97. The lowest BCUT2D eigenvalue weighted by Gasteiger charge is -2.25. The van der Waals surface area contributed by atoms with Crippen LogP contribution in [0.25, 0.3) is 0 Å². The average Bonchev–Trinajstić information content (AvgIpc) is 2.37. The normalized spacial score (nSPS) is 15.0. The van der Waals surface area contributed by atoms with E-state index in [9.17, 15) is 18.8 Å². The topological polar surface area (TPSA) is 75.7 Å². The fraction of sp³-hybridized carbons (Fsp3) is 0.308. The Labute approximate surface area is 114 Å². The maximum Gasteiger partial charge on any atom is 0.246 e. The molecule has 0 spiro atoms. The summed E-state index contributed by atoms with van der Waals surface area (Å²) >= 11 is 0. The van der Waals surface area contributed by atoms with Crippen LogP contribution in [0.2, 0.25) is 0 Å². The highest BCUT2D eigenvalue weighted by Gasteiger charge is 2.26. The summed E-state index contributed by atoms with van der Waals surface area (Å²) in [7, 11) is 1.35. The Hall–Kier alpha value is -2.44. The third-order valence-electron chi connectivity index (χ3n) is 2.87. The molecule has 0 bridgehead atoms. The standard InChI is InChI=1S/C13H13FN2O4/c1-20-10-3-2-8(4-9(10)14)5-13(19)16-6-11(17)15-12(18)7-16/h2-4H,5-7H2,1H3,(H,15,17,18). The van der Waals surface area contributed by atoms with E-state index in [1.165, 1.54) is 19.2 Å². The largest absolute Gasteiger partial charge is 0.494 e. The summed E-state index contributed by atoms with van der Waals surface area (Å²) in [4.78, 5) is 35.5. The SMILES string of the molecule is COc1ccc(CC(=O)N2CC(=O)NC(=O)C2)cc1F. The van der Waals surface area contributed by atoms with Crippen molar-refractivity contribution >= 4 is 17.7 Å². The van der Waals surface area contributed by atoms with Gasteiger partial charge in [0.05, 0.1) is 13.5 Å². The molecule has 1 N–H and O–H groups in total. The van der Waals surface area contributed by atoms with Crippen molar-refractivity contribution in [2.75, 3.05) is 20.2 Å². The smallest absolute Gasteiger partial charge is 0.246 e. The van der Waals surface area contributed by atoms with Gasteiger partial charge in [0.2, 0.25) is 17.7 Å². The van der Waals surface area contributed by atoms with Crippen molar-refractivity contribution < 1.29 is 23.5 Å². The van der Waals surface area contributed by atoms with E-state index in [0.717, 1.165) is 4.90 Å². The first kappa shape index (κ1) is 14.0. The molecule has 0 radical (unpaired) electrons. The summed E-state index contributed by atoms with van der Waals surface area (Å²) in [5, 5.41) is 2.10. The van der Waals surface area contributed by atoms with Gasteiger partial charge in [-0.2, -0.15) is 0 Å². The maximum absolute atomic E-state index is 13.5. The molecule has 3 amide bonds. The van der Waals surface area contributed by atoms with Gasteiger partial charge in [-0.15, -0.1) is 0 Å². The number of piperazine rings is 1. The molecule has 7 heteroatoms. The van der Waals surface area contributed by atoms with Crippen LogP contribution in [0.3, 0.4) is 0 Å². The molecule has 0 unspecified atom stereocenters. The number of nitrogens with one attached hydrogen (secondary N) is 1. The molecule has 1 heterocycles. The molecule has 1 saturated heterocycles. The lowest BCUT2D eigenvalue weighted by Crippen LogP contribution is -2.53. The zero-order chi connectivity index (χ0) is 14.7. The number of amides is 3. The summed E-state index contributed by atoms with van der Waals surface area (Å²) in [6.45, 7) is -0.327. The van der Waals surface area contributed by atoms with Crippen LogP contribution in [-0.2, 0) is 20.8 Å². The number of nitrogens with zero attached hydrogens (tertiary/aromatic N) is 1. The zero-order valence-corrected chi connectivity index (χ0v) is 10.8. The van der Waals surface area contributed by atoms with E-state index >= 15 is 0 Å². The fourth-order valence-electron chi connectivity index (χ4n) is 1.92. The van der Waals surface area contributed by atoms with Crippen LogP contribution in [0, 0.1) is 5.82 Å². The van der Waals surface area contributed by atoms with Crippen LogP contribution < -0.4 is 10.1 Å². The van der Waals surface area contributed by atoms with Crippen LogP contribution in [0.4, 0.5) is 4.39 Å². The van der Waals surface area contributed by atoms with Gasteiger partial charge in [-0.3, -0.25) is 19.7 Å². The van der Waals surface area contributed by atoms with Crippen LogP contribution in [0.15, 0.2) is 18.2 Å². The zero-order valence-electron chi connectivity index (χ0n) is 10.8. The Morgan fingerprint density at radius 1 is 1.35 bits per heavy atom. The lowest BCUT2D eigenvalue weighted by molar-refractivity contribution is -0.145. The Bertz CT molecular complexity index is 557. The van der Waals surface area contributed by atoms with Crippen LogP contribution >= 0.6 is 0 Å². The van der Waals surface area contributed by atoms with Crippen LogP contribution in [0.1, 0.15) is 5.56 Å². The van der Waals surface area contributed by atoms with Crippen molar-refractivity contribution in [2.24, 2.45) is 0 Å². The number of hydrogen-bond donors (Lipinski definition) is 1. The van der Waals surface area contributed by atoms with Crippen molar-refractivity contribution in [1.82, 2.24) is 10.2 Å². The second kappa shape index (κ2) is 5.68. The molecular weight excluding hydrogens is 267 g/mol. The minimum atomic E-state index is -0.565. The van der Waals surface area contributed by atoms with E-state index in [0.29, 0.717) is 5.56 Å². The van der Waals surface area contributed by atoms with Crippen LogP contribution in [-0.4, -0.2) is 42.8 Å². The third kappa shape index (κ3) is 3.11. The quantitative estimate of drug-likeness (QED) is 0.782. The number of rotatable bonds is 3. The molecule has 0 aliphatic carbocycles. The summed E-state index contributed by atoms with van der Waals surface area (Å²) in [5.41, 5.74) is 0.451. The predicted octanol–water partition coefficient (Wildman–Crippen LogP) is -0.138. The molecule has 6 nitrogen and oxygen atoms in total. The molecule has 1 aliphatic heterocycles. The average molecular weight is 280 g/mol. The van der Waals surface area contributed by atoms with Crippen molar-refractivity contribution in [1.29, 1.82) is 0 Å². The predicted molar refractivity (Wildman–Crippen MR) is 66.4 cm³/mol. The number of benzene rings is 1. The Balaban J connectivity index is 2.06. The number of ether oxygens (including phenoxy) is 1. The van der Waals surface area contributed by atoms with E-state index in [2.05, 4.69) is 5.32 Å². The number of halogens is 1. The second-order valence-electron chi connectivity index (χ2n) is 4.37. The molecule has 20 heavy (non-hydrogen) atoms. The molecule has 1 fully saturated rings. The molecule has 0 atom stereocenters. The molecule has 106 valence electrons. The molecule has 1 aromatic carbocycles. The van der Waals surface area contributed by atoms with Gasteiger partial charge < -0.3 is 9.64 Å². The Morgan fingerprint density at radius 2 is 2.00 bits per heavy atom. The highest BCUT2D eigenvalue weighted by atomic mass is 19.1. The number of carbonyl (C=O) groups is 3. The minimum Gasteiger partial charge on any atom is -0.494 e. The Morgan fingerprint density at radius 3 is 2.55 bits per heavy atom.